The Bertz CT molecular complexity index is 1360. The largest absolute Gasteiger partial charge is 0.352 e. The Balaban J connectivity index is 1.49. The third-order valence-electron chi connectivity index (χ3n) is 6.63. The zero-order chi connectivity index (χ0) is 25.6. The third kappa shape index (κ3) is 7.20. The van der Waals surface area contributed by atoms with Gasteiger partial charge in [-0.1, -0.05) is 51.4 Å². The van der Waals surface area contributed by atoms with E-state index in [0.717, 1.165) is 74.4 Å². The van der Waals surface area contributed by atoms with E-state index in [0.29, 0.717) is 24.3 Å². The van der Waals surface area contributed by atoms with Crippen LogP contribution in [0.15, 0.2) is 21.7 Å². The standard InChI is InChI=1S/C25H36N4O5S/c1-18-16-20-21(17-19(18)2)28(3)23-22(26-20)24(30)29(25(31)27-23)14-12-10-8-6-4-5-7-9-11-13-15-35(32,33)34/h16-17H,4-15H2,1-3H3,(H,32,33,34). The van der Waals surface area contributed by atoms with Gasteiger partial charge in [0, 0.05) is 13.6 Å². The molecular formula is C25H36N4O5S. The van der Waals surface area contributed by atoms with Gasteiger partial charge < -0.3 is 4.57 Å². The zero-order valence-electron chi connectivity index (χ0n) is 20.9. The molecule has 0 radical (unpaired) electrons. The van der Waals surface area contributed by atoms with Crippen LogP contribution in [0.3, 0.4) is 0 Å². The first-order valence-electron chi connectivity index (χ1n) is 12.4. The molecule has 0 spiro atoms. The number of hydrogen-bond acceptors (Lipinski definition) is 6. The molecule has 3 rings (SSSR count). The molecule has 0 atom stereocenters. The molecule has 0 amide bonds. The number of unbranched alkanes of at least 4 members (excludes halogenated alkanes) is 9. The number of nitrogens with zero attached hydrogens (tertiary/aromatic N) is 4. The van der Waals surface area contributed by atoms with Crippen molar-refractivity contribution in [2.75, 3.05) is 5.75 Å². The van der Waals surface area contributed by atoms with Gasteiger partial charge in [-0.05, 0) is 49.9 Å². The van der Waals surface area contributed by atoms with Crippen molar-refractivity contribution >= 4 is 21.2 Å². The molecule has 0 saturated heterocycles. The molecule has 2 aliphatic heterocycles. The Morgan fingerprint density at radius 1 is 0.829 bits per heavy atom. The van der Waals surface area contributed by atoms with Crippen LogP contribution in [-0.4, -0.2) is 37.8 Å². The molecule has 0 saturated carbocycles. The second-order valence-electron chi connectivity index (χ2n) is 9.44. The van der Waals surface area contributed by atoms with Crippen LogP contribution >= 0.6 is 0 Å². The number of aryl methyl sites for hydroxylation is 3. The van der Waals surface area contributed by atoms with Crippen LogP contribution in [0, 0.1) is 13.8 Å². The fourth-order valence-electron chi connectivity index (χ4n) is 4.39. The van der Waals surface area contributed by atoms with Gasteiger partial charge in [0.15, 0.2) is 11.5 Å². The Morgan fingerprint density at radius 2 is 1.37 bits per heavy atom. The maximum Gasteiger partial charge on any atom is 0.352 e. The monoisotopic (exact) mass is 504 g/mol. The number of hydrogen-bond donors (Lipinski definition) is 1. The summed E-state index contributed by atoms with van der Waals surface area (Å²) >= 11 is 0. The Kier molecular flexibility index (Phi) is 9.18. The molecule has 1 aromatic rings. The van der Waals surface area contributed by atoms with Crippen molar-refractivity contribution in [1.29, 1.82) is 0 Å². The molecular weight excluding hydrogens is 468 g/mol. The first-order valence-corrected chi connectivity index (χ1v) is 14.0. The van der Waals surface area contributed by atoms with Crippen molar-refractivity contribution in [3.05, 3.63) is 44.1 Å². The van der Waals surface area contributed by atoms with Crippen LogP contribution in [0.1, 0.15) is 75.3 Å². The molecule has 10 heteroatoms. The molecule has 0 aliphatic carbocycles. The van der Waals surface area contributed by atoms with Crippen LogP contribution < -0.4 is 11.2 Å². The number of aromatic nitrogens is 4. The minimum Gasteiger partial charge on any atom is -0.325 e. The quantitative estimate of drug-likeness (QED) is 0.212. The second-order valence-corrected chi connectivity index (χ2v) is 11.0. The lowest BCUT2D eigenvalue weighted by molar-refractivity contribution is 0.478. The molecule has 2 aliphatic rings. The van der Waals surface area contributed by atoms with E-state index < -0.39 is 15.8 Å². The van der Waals surface area contributed by atoms with E-state index in [1.807, 2.05) is 26.0 Å². The van der Waals surface area contributed by atoms with Crippen molar-refractivity contribution in [1.82, 2.24) is 19.1 Å². The van der Waals surface area contributed by atoms with Gasteiger partial charge in [0.05, 0.1) is 16.8 Å². The summed E-state index contributed by atoms with van der Waals surface area (Å²) in [6.07, 6.45) is 9.33. The summed E-state index contributed by atoms with van der Waals surface area (Å²) in [7, 11) is -2.03. The molecule has 35 heavy (non-hydrogen) atoms. The third-order valence-corrected chi connectivity index (χ3v) is 7.43. The molecule has 192 valence electrons. The number of fused-ring (bicyclic) bond motifs is 2. The van der Waals surface area contributed by atoms with Crippen LogP contribution in [0.5, 0.6) is 0 Å². The van der Waals surface area contributed by atoms with Crippen molar-refractivity contribution in [2.24, 2.45) is 7.05 Å². The Labute approximate surface area is 206 Å². The van der Waals surface area contributed by atoms with Gasteiger partial charge >= 0.3 is 5.69 Å². The van der Waals surface area contributed by atoms with E-state index in [4.69, 9.17) is 4.55 Å². The SMILES string of the molecule is Cc1cc2nc3c(=O)n(CCCCCCCCCCCCS(=O)(=O)O)c(=O)nc-3n(C)c2cc1C. The molecule has 1 N–H and O–H groups in total. The minimum absolute atomic E-state index is 0.154. The smallest absolute Gasteiger partial charge is 0.325 e. The summed E-state index contributed by atoms with van der Waals surface area (Å²) in [5.41, 5.74) is 3.06. The highest BCUT2D eigenvalue weighted by Gasteiger charge is 2.20. The summed E-state index contributed by atoms with van der Waals surface area (Å²) in [5, 5.41) is 0. The summed E-state index contributed by atoms with van der Waals surface area (Å²) in [6.45, 7) is 4.36. The summed E-state index contributed by atoms with van der Waals surface area (Å²) < 4.78 is 33.0. The van der Waals surface area contributed by atoms with Crippen molar-refractivity contribution in [2.45, 2.75) is 84.6 Å². The lowest BCUT2D eigenvalue weighted by Crippen LogP contribution is -2.38. The average Bonchev–Trinajstić information content (AvgIpc) is 2.78. The molecule has 0 fully saturated rings. The summed E-state index contributed by atoms with van der Waals surface area (Å²) in [6, 6.07) is 3.96. The first-order chi connectivity index (χ1) is 16.6. The predicted molar refractivity (Wildman–Crippen MR) is 138 cm³/mol. The zero-order valence-corrected chi connectivity index (χ0v) is 21.7. The van der Waals surface area contributed by atoms with Crippen LogP contribution in [0.4, 0.5) is 0 Å². The van der Waals surface area contributed by atoms with Crippen molar-refractivity contribution in [3.63, 3.8) is 0 Å². The van der Waals surface area contributed by atoms with E-state index in [-0.39, 0.29) is 17.0 Å². The Morgan fingerprint density at radius 3 is 1.97 bits per heavy atom. The molecule has 0 aromatic heterocycles. The summed E-state index contributed by atoms with van der Waals surface area (Å²) in [4.78, 5) is 34.4. The van der Waals surface area contributed by atoms with Gasteiger partial charge in [-0.15, -0.1) is 0 Å². The van der Waals surface area contributed by atoms with Gasteiger partial charge in [-0.2, -0.15) is 13.4 Å². The minimum atomic E-state index is -3.83. The van der Waals surface area contributed by atoms with E-state index in [2.05, 4.69) is 9.97 Å². The summed E-state index contributed by atoms with van der Waals surface area (Å²) in [5.74, 6) is 0.156. The van der Waals surface area contributed by atoms with E-state index in [9.17, 15) is 18.0 Å². The van der Waals surface area contributed by atoms with Crippen molar-refractivity contribution < 1.29 is 13.0 Å². The van der Waals surface area contributed by atoms with Crippen LogP contribution in [0.25, 0.3) is 22.6 Å². The van der Waals surface area contributed by atoms with Gasteiger partial charge in [-0.3, -0.25) is 13.9 Å². The number of rotatable bonds is 13. The molecule has 2 heterocycles. The van der Waals surface area contributed by atoms with Crippen molar-refractivity contribution in [3.8, 4) is 11.5 Å². The Hall–Kier alpha value is -2.59. The van der Waals surface area contributed by atoms with Gasteiger partial charge in [0.2, 0.25) is 0 Å². The van der Waals surface area contributed by atoms with Gasteiger partial charge in [-0.25, -0.2) is 9.78 Å². The normalized spacial score (nSPS) is 12.1. The van der Waals surface area contributed by atoms with Crippen LogP contribution in [0.2, 0.25) is 0 Å². The van der Waals surface area contributed by atoms with Crippen LogP contribution in [-0.2, 0) is 23.7 Å². The molecule has 0 unspecified atom stereocenters. The highest BCUT2D eigenvalue weighted by molar-refractivity contribution is 7.85. The lowest BCUT2D eigenvalue weighted by atomic mass is 10.1. The highest BCUT2D eigenvalue weighted by atomic mass is 32.2. The van der Waals surface area contributed by atoms with E-state index in [1.54, 1.807) is 11.6 Å². The number of benzene rings is 1. The second kappa shape index (κ2) is 11.9. The molecule has 1 aromatic carbocycles. The fraction of sp³-hybridized carbons (Fsp3) is 0.600. The average molecular weight is 505 g/mol. The maximum absolute atomic E-state index is 13.1. The van der Waals surface area contributed by atoms with E-state index in [1.165, 1.54) is 4.57 Å². The van der Waals surface area contributed by atoms with E-state index >= 15 is 0 Å². The predicted octanol–water partition coefficient (Wildman–Crippen LogP) is 4.00. The molecule has 9 nitrogen and oxygen atoms in total. The maximum atomic E-state index is 13.1. The lowest BCUT2D eigenvalue weighted by Gasteiger charge is -2.15. The fourth-order valence-corrected chi connectivity index (χ4v) is 4.96. The van der Waals surface area contributed by atoms with Gasteiger partial charge in [0.25, 0.3) is 15.7 Å². The first kappa shape index (κ1) is 27.0. The highest BCUT2D eigenvalue weighted by Crippen LogP contribution is 2.22. The molecule has 0 bridgehead atoms. The topological polar surface area (TPSA) is 124 Å². The van der Waals surface area contributed by atoms with Gasteiger partial charge in [0.1, 0.15) is 0 Å².